The molecule has 3 aromatic rings. The lowest BCUT2D eigenvalue weighted by Crippen LogP contribution is -2.07. The molecule has 0 spiro atoms. The highest BCUT2D eigenvalue weighted by Crippen LogP contribution is 2.24. The number of rotatable bonds is 0. The van der Waals surface area contributed by atoms with E-state index in [-0.39, 0.29) is 5.43 Å². The summed E-state index contributed by atoms with van der Waals surface area (Å²) in [7, 11) is 0. The molecular weight excluding hydrogens is 232 g/mol. The Labute approximate surface area is 101 Å². The lowest BCUT2D eigenvalue weighted by molar-refractivity contribution is 0.551. The first-order valence-electron chi connectivity index (χ1n) is 5.55. The van der Waals surface area contributed by atoms with E-state index < -0.39 is 5.63 Å². The minimum absolute atomic E-state index is 0.0538. The van der Waals surface area contributed by atoms with Gasteiger partial charge in [-0.15, -0.1) is 0 Å². The van der Waals surface area contributed by atoms with Crippen molar-refractivity contribution in [1.29, 1.82) is 0 Å². The zero-order chi connectivity index (χ0) is 12.9. The van der Waals surface area contributed by atoms with E-state index in [1.807, 2.05) is 0 Å². The summed E-state index contributed by atoms with van der Waals surface area (Å²) in [6.07, 6.45) is 0. The molecule has 1 aromatic carbocycles. The van der Waals surface area contributed by atoms with Crippen LogP contribution in [-0.2, 0) is 0 Å². The summed E-state index contributed by atoms with van der Waals surface area (Å²) in [4.78, 5) is 23.3. The number of fused-ring (bicyclic) bond motifs is 3. The maximum Gasteiger partial charge on any atom is 0.336 e. The summed E-state index contributed by atoms with van der Waals surface area (Å²) in [5.41, 5.74) is 1.000. The van der Waals surface area contributed by atoms with Crippen molar-refractivity contribution in [2.75, 3.05) is 0 Å². The van der Waals surface area contributed by atoms with E-state index in [0.29, 0.717) is 33.3 Å². The van der Waals surface area contributed by atoms with Crippen molar-refractivity contribution in [3.63, 3.8) is 0 Å². The van der Waals surface area contributed by atoms with E-state index in [4.69, 9.17) is 8.83 Å². The average molecular weight is 242 g/mol. The number of hydrogen-bond acceptors (Lipinski definition) is 4. The first kappa shape index (κ1) is 10.8. The zero-order valence-electron chi connectivity index (χ0n) is 9.94. The van der Waals surface area contributed by atoms with Gasteiger partial charge < -0.3 is 8.83 Å². The molecule has 0 bridgehead atoms. The summed E-state index contributed by atoms with van der Waals surface area (Å²) in [6.45, 7) is 3.48. The maximum atomic E-state index is 12.1. The Hall–Kier alpha value is -2.36. The van der Waals surface area contributed by atoms with Gasteiger partial charge in [-0.3, -0.25) is 4.79 Å². The molecule has 0 unspecified atom stereocenters. The molecule has 0 saturated carbocycles. The molecule has 0 amide bonds. The van der Waals surface area contributed by atoms with E-state index in [1.165, 1.54) is 6.07 Å². The van der Waals surface area contributed by atoms with Gasteiger partial charge in [-0.25, -0.2) is 4.79 Å². The highest BCUT2D eigenvalue weighted by atomic mass is 16.4. The van der Waals surface area contributed by atoms with Crippen LogP contribution in [0.1, 0.15) is 11.3 Å². The Balaban J connectivity index is 2.64. The standard InChI is InChI=1S/C14H10O4/c1-7-8(2)17-14-9-4-6-12(15)18-11(9)5-3-10(14)13(7)16/h3-6H,1-2H3. The lowest BCUT2D eigenvalue weighted by Gasteiger charge is -2.04. The molecule has 2 heterocycles. The fourth-order valence-corrected chi connectivity index (χ4v) is 2.00. The van der Waals surface area contributed by atoms with Crippen LogP contribution >= 0.6 is 0 Å². The first-order chi connectivity index (χ1) is 8.58. The molecular formula is C14H10O4. The van der Waals surface area contributed by atoms with Gasteiger partial charge in [0.05, 0.1) is 10.8 Å². The Kier molecular flexibility index (Phi) is 2.13. The molecule has 0 N–H and O–H groups in total. The molecule has 0 fully saturated rings. The van der Waals surface area contributed by atoms with Gasteiger partial charge in [0.1, 0.15) is 16.9 Å². The second-order valence-electron chi connectivity index (χ2n) is 4.22. The quantitative estimate of drug-likeness (QED) is 0.449. The van der Waals surface area contributed by atoms with Gasteiger partial charge >= 0.3 is 5.63 Å². The summed E-state index contributed by atoms with van der Waals surface area (Å²) in [5, 5.41) is 1.13. The van der Waals surface area contributed by atoms with Crippen LogP contribution in [0.25, 0.3) is 21.9 Å². The van der Waals surface area contributed by atoms with Gasteiger partial charge in [0, 0.05) is 11.6 Å². The number of benzene rings is 1. The van der Waals surface area contributed by atoms with Crippen LogP contribution in [-0.4, -0.2) is 0 Å². The molecule has 90 valence electrons. The third-order valence-electron chi connectivity index (χ3n) is 3.12. The smallest absolute Gasteiger partial charge is 0.336 e. The van der Waals surface area contributed by atoms with E-state index in [9.17, 15) is 9.59 Å². The maximum absolute atomic E-state index is 12.1. The van der Waals surface area contributed by atoms with Gasteiger partial charge in [0.2, 0.25) is 0 Å². The molecule has 0 radical (unpaired) electrons. The SMILES string of the molecule is Cc1oc2c(ccc3oc(=O)ccc32)c(=O)c1C. The third-order valence-corrected chi connectivity index (χ3v) is 3.12. The van der Waals surface area contributed by atoms with Crippen LogP contribution in [0.15, 0.2) is 42.7 Å². The van der Waals surface area contributed by atoms with Crippen molar-refractivity contribution in [2.24, 2.45) is 0 Å². The van der Waals surface area contributed by atoms with Crippen LogP contribution < -0.4 is 11.1 Å². The summed E-state index contributed by atoms with van der Waals surface area (Å²) in [5.74, 6) is 0.575. The summed E-state index contributed by atoms with van der Waals surface area (Å²) >= 11 is 0. The summed E-state index contributed by atoms with van der Waals surface area (Å²) < 4.78 is 10.7. The minimum Gasteiger partial charge on any atom is -0.460 e. The van der Waals surface area contributed by atoms with Gasteiger partial charge in [-0.05, 0) is 32.0 Å². The van der Waals surface area contributed by atoms with E-state index in [0.717, 1.165) is 0 Å². The van der Waals surface area contributed by atoms with Gasteiger partial charge in [0.15, 0.2) is 5.43 Å². The summed E-state index contributed by atoms with van der Waals surface area (Å²) in [6, 6.07) is 6.17. The Morgan fingerprint density at radius 2 is 1.61 bits per heavy atom. The molecule has 18 heavy (non-hydrogen) atoms. The molecule has 4 heteroatoms. The first-order valence-corrected chi connectivity index (χ1v) is 5.55. The Morgan fingerprint density at radius 3 is 2.39 bits per heavy atom. The zero-order valence-corrected chi connectivity index (χ0v) is 9.94. The molecule has 0 saturated heterocycles. The predicted molar refractivity (Wildman–Crippen MR) is 68.0 cm³/mol. The van der Waals surface area contributed by atoms with Crippen molar-refractivity contribution in [2.45, 2.75) is 13.8 Å². The largest absolute Gasteiger partial charge is 0.460 e. The second kappa shape index (κ2) is 3.57. The monoisotopic (exact) mass is 242 g/mol. The van der Waals surface area contributed by atoms with Crippen LogP contribution in [0, 0.1) is 13.8 Å². The molecule has 0 atom stereocenters. The Bertz CT molecular complexity index is 884. The van der Waals surface area contributed by atoms with Crippen LogP contribution in [0.4, 0.5) is 0 Å². The topological polar surface area (TPSA) is 60.4 Å². The molecule has 2 aromatic heterocycles. The highest BCUT2D eigenvalue weighted by Gasteiger charge is 2.11. The fraction of sp³-hybridized carbons (Fsp3) is 0.143. The van der Waals surface area contributed by atoms with Crippen LogP contribution in [0.5, 0.6) is 0 Å². The fourth-order valence-electron chi connectivity index (χ4n) is 2.00. The minimum atomic E-state index is -0.423. The van der Waals surface area contributed by atoms with E-state index in [1.54, 1.807) is 32.0 Å². The highest BCUT2D eigenvalue weighted by molar-refractivity contribution is 6.01. The van der Waals surface area contributed by atoms with E-state index >= 15 is 0 Å². The van der Waals surface area contributed by atoms with Crippen LogP contribution in [0.2, 0.25) is 0 Å². The van der Waals surface area contributed by atoms with Crippen molar-refractivity contribution in [3.8, 4) is 0 Å². The lowest BCUT2D eigenvalue weighted by atomic mass is 10.1. The Morgan fingerprint density at radius 1 is 0.889 bits per heavy atom. The molecule has 0 aliphatic rings. The molecule has 0 aliphatic carbocycles. The molecule has 0 aliphatic heterocycles. The van der Waals surface area contributed by atoms with Crippen molar-refractivity contribution < 1.29 is 8.83 Å². The van der Waals surface area contributed by atoms with Crippen molar-refractivity contribution in [1.82, 2.24) is 0 Å². The molecule has 4 nitrogen and oxygen atoms in total. The van der Waals surface area contributed by atoms with Crippen molar-refractivity contribution in [3.05, 3.63) is 56.2 Å². The van der Waals surface area contributed by atoms with Gasteiger partial charge in [-0.1, -0.05) is 0 Å². The predicted octanol–water partition coefficient (Wildman–Crippen LogP) is 2.52. The average Bonchev–Trinajstić information content (AvgIpc) is 2.35. The van der Waals surface area contributed by atoms with Crippen LogP contribution in [0.3, 0.4) is 0 Å². The third kappa shape index (κ3) is 1.39. The normalized spacial score (nSPS) is 11.2. The number of aryl methyl sites for hydroxylation is 1. The van der Waals surface area contributed by atoms with Gasteiger partial charge in [-0.2, -0.15) is 0 Å². The molecule has 3 rings (SSSR count). The van der Waals surface area contributed by atoms with Gasteiger partial charge in [0.25, 0.3) is 0 Å². The number of hydrogen-bond donors (Lipinski definition) is 0. The van der Waals surface area contributed by atoms with Crippen molar-refractivity contribution >= 4 is 21.9 Å². The van der Waals surface area contributed by atoms with E-state index in [2.05, 4.69) is 0 Å². The second-order valence-corrected chi connectivity index (χ2v) is 4.22.